The van der Waals surface area contributed by atoms with Gasteiger partial charge in [-0.2, -0.15) is 0 Å². The lowest BCUT2D eigenvalue weighted by Crippen LogP contribution is -2.39. The zero-order chi connectivity index (χ0) is 14.6. The molecule has 2 atom stereocenters. The van der Waals surface area contributed by atoms with Gasteiger partial charge >= 0.3 is 0 Å². The number of anilines is 2. The van der Waals surface area contributed by atoms with E-state index in [0.717, 1.165) is 0 Å². The highest BCUT2D eigenvalue weighted by atomic mass is 32.2. The number of hydrogen-bond donors (Lipinski definition) is 1. The van der Waals surface area contributed by atoms with Crippen molar-refractivity contribution in [2.24, 2.45) is 0 Å². The van der Waals surface area contributed by atoms with Crippen LogP contribution in [0.5, 0.6) is 0 Å². The number of rotatable bonds is 6. The molecule has 0 aromatic heterocycles. The lowest BCUT2D eigenvalue weighted by Gasteiger charge is -2.29. The minimum atomic E-state index is 0.408. The van der Waals surface area contributed by atoms with Gasteiger partial charge in [0.2, 0.25) is 0 Å². The molecule has 0 heterocycles. The molecule has 0 bridgehead atoms. The van der Waals surface area contributed by atoms with Crippen molar-refractivity contribution < 1.29 is 0 Å². The lowest BCUT2D eigenvalue weighted by atomic mass is 10.1. The highest BCUT2D eigenvalue weighted by Crippen LogP contribution is 2.30. The van der Waals surface area contributed by atoms with Gasteiger partial charge in [-0.1, -0.05) is 0 Å². The van der Waals surface area contributed by atoms with Crippen molar-refractivity contribution in [1.29, 1.82) is 0 Å². The van der Waals surface area contributed by atoms with Crippen molar-refractivity contribution >= 4 is 23.1 Å². The number of nitrogens with one attached hydrogen (secondary N) is 1. The SMILES string of the molecule is CSc1cc(N(C)C)ccc1N[C@H](C)C(C)N(C)C. The van der Waals surface area contributed by atoms with E-state index in [1.165, 1.54) is 16.3 Å². The fraction of sp³-hybridized carbons (Fsp3) is 0.600. The van der Waals surface area contributed by atoms with Crippen molar-refractivity contribution in [1.82, 2.24) is 4.90 Å². The summed E-state index contributed by atoms with van der Waals surface area (Å²) in [5, 5.41) is 3.63. The van der Waals surface area contributed by atoms with Crippen molar-refractivity contribution in [2.75, 3.05) is 44.7 Å². The molecule has 0 aliphatic heterocycles. The minimum absolute atomic E-state index is 0.408. The quantitative estimate of drug-likeness (QED) is 0.807. The molecule has 0 saturated carbocycles. The maximum atomic E-state index is 3.63. The smallest absolute Gasteiger partial charge is 0.0482 e. The summed E-state index contributed by atoms with van der Waals surface area (Å²) in [4.78, 5) is 5.67. The standard InChI is InChI=1S/C15H27N3S/c1-11(12(2)17(3)4)16-14-9-8-13(18(5)6)10-15(14)19-7/h8-12,16H,1-7H3/t11-,12?/m1/s1. The minimum Gasteiger partial charge on any atom is -0.380 e. The first-order valence-electron chi connectivity index (χ1n) is 6.65. The molecule has 0 aliphatic carbocycles. The molecule has 108 valence electrons. The molecule has 0 saturated heterocycles. The van der Waals surface area contributed by atoms with E-state index in [4.69, 9.17) is 0 Å². The van der Waals surface area contributed by atoms with Crippen LogP contribution in [0.3, 0.4) is 0 Å². The van der Waals surface area contributed by atoms with E-state index < -0.39 is 0 Å². The Bertz CT molecular complexity index is 404. The third-order valence-electron chi connectivity index (χ3n) is 3.62. The average molecular weight is 281 g/mol. The highest BCUT2D eigenvalue weighted by molar-refractivity contribution is 7.98. The van der Waals surface area contributed by atoms with E-state index in [1.54, 1.807) is 11.8 Å². The molecule has 0 fully saturated rings. The highest BCUT2D eigenvalue weighted by Gasteiger charge is 2.15. The first-order valence-corrected chi connectivity index (χ1v) is 7.87. The molecule has 0 aliphatic rings. The van der Waals surface area contributed by atoms with Crippen molar-refractivity contribution in [2.45, 2.75) is 30.8 Å². The number of hydrogen-bond acceptors (Lipinski definition) is 4. The molecule has 0 amide bonds. The van der Waals surface area contributed by atoms with Gasteiger partial charge in [-0.05, 0) is 52.4 Å². The second-order valence-corrected chi connectivity index (χ2v) is 6.26. The fourth-order valence-electron chi connectivity index (χ4n) is 1.89. The summed E-state index contributed by atoms with van der Waals surface area (Å²) in [6, 6.07) is 7.48. The van der Waals surface area contributed by atoms with Crippen LogP contribution in [0.15, 0.2) is 23.1 Å². The van der Waals surface area contributed by atoms with Crippen LogP contribution < -0.4 is 10.2 Å². The molecule has 19 heavy (non-hydrogen) atoms. The zero-order valence-electron chi connectivity index (χ0n) is 13.2. The second kappa shape index (κ2) is 7.06. The number of nitrogens with zero attached hydrogens (tertiary/aromatic N) is 2. The molecule has 3 nitrogen and oxygen atoms in total. The van der Waals surface area contributed by atoms with Gasteiger partial charge in [0.1, 0.15) is 0 Å². The second-order valence-electron chi connectivity index (χ2n) is 5.42. The first kappa shape index (κ1) is 16.2. The van der Waals surface area contributed by atoms with Gasteiger partial charge in [0.05, 0.1) is 0 Å². The van der Waals surface area contributed by atoms with Gasteiger partial charge in [-0.15, -0.1) is 11.8 Å². The van der Waals surface area contributed by atoms with Crippen LogP contribution >= 0.6 is 11.8 Å². The Balaban J connectivity index is 2.89. The summed E-state index contributed by atoms with van der Waals surface area (Å²) in [7, 11) is 8.38. The van der Waals surface area contributed by atoms with E-state index in [2.05, 4.69) is 81.6 Å². The van der Waals surface area contributed by atoms with Gasteiger partial charge in [0, 0.05) is 42.4 Å². The summed E-state index contributed by atoms with van der Waals surface area (Å²) in [5.41, 5.74) is 2.46. The number of benzene rings is 1. The third-order valence-corrected chi connectivity index (χ3v) is 4.40. The van der Waals surface area contributed by atoms with Crippen LogP contribution in [0.2, 0.25) is 0 Å². The predicted octanol–water partition coefficient (Wildman–Crippen LogP) is 3.23. The number of thioether (sulfide) groups is 1. The largest absolute Gasteiger partial charge is 0.380 e. The fourth-order valence-corrected chi connectivity index (χ4v) is 2.48. The summed E-state index contributed by atoms with van der Waals surface area (Å²) in [6.45, 7) is 4.47. The number of likely N-dealkylation sites (N-methyl/N-ethyl adjacent to an activating group) is 1. The van der Waals surface area contributed by atoms with Crippen LogP contribution in [0, 0.1) is 0 Å². The lowest BCUT2D eigenvalue weighted by molar-refractivity contribution is 0.290. The molecule has 1 aromatic carbocycles. The van der Waals surface area contributed by atoms with Crippen LogP contribution in [0.25, 0.3) is 0 Å². The average Bonchev–Trinajstić information content (AvgIpc) is 2.37. The maximum absolute atomic E-state index is 3.63. The predicted molar refractivity (Wildman–Crippen MR) is 88.8 cm³/mol. The topological polar surface area (TPSA) is 18.5 Å². The van der Waals surface area contributed by atoms with Crippen molar-refractivity contribution in [3.8, 4) is 0 Å². The van der Waals surface area contributed by atoms with Gasteiger partial charge in [-0.3, -0.25) is 0 Å². The molecule has 1 unspecified atom stereocenters. The van der Waals surface area contributed by atoms with Crippen molar-refractivity contribution in [3.63, 3.8) is 0 Å². The zero-order valence-corrected chi connectivity index (χ0v) is 14.0. The van der Waals surface area contributed by atoms with E-state index in [-0.39, 0.29) is 0 Å². The van der Waals surface area contributed by atoms with E-state index in [9.17, 15) is 0 Å². The molecule has 0 radical (unpaired) electrons. The summed E-state index contributed by atoms with van der Waals surface area (Å²) < 4.78 is 0. The Labute approximate surface area is 122 Å². The Hall–Kier alpha value is -0.870. The van der Waals surface area contributed by atoms with Crippen LogP contribution in [-0.4, -0.2) is 51.4 Å². The molecule has 4 heteroatoms. The Morgan fingerprint density at radius 3 is 2.21 bits per heavy atom. The maximum Gasteiger partial charge on any atom is 0.0482 e. The molecular formula is C15H27N3S. The van der Waals surface area contributed by atoms with Gasteiger partial charge < -0.3 is 15.1 Å². The summed E-state index contributed by atoms with van der Waals surface area (Å²) in [6.07, 6.45) is 2.12. The summed E-state index contributed by atoms with van der Waals surface area (Å²) in [5.74, 6) is 0. The Morgan fingerprint density at radius 2 is 1.74 bits per heavy atom. The van der Waals surface area contributed by atoms with Gasteiger partial charge in [0.15, 0.2) is 0 Å². The normalized spacial score (nSPS) is 14.3. The van der Waals surface area contributed by atoms with E-state index >= 15 is 0 Å². The van der Waals surface area contributed by atoms with Crippen LogP contribution in [0.4, 0.5) is 11.4 Å². The molecule has 1 N–H and O–H groups in total. The van der Waals surface area contributed by atoms with Crippen LogP contribution in [-0.2, 0) is 0 Å². The molecule has 1 rings (SSSR count). The monoisotopic (exact) mass is 281 g/mol. The Morgan fingerprint density at radius 1 is 1.11 bits per heavy atom. The Kier molecular flexibility index (Phi) is 6.01. The van der Waals surface area contributed by atoms with Crippen LogP contribution in [0.1, 0.15) is 13.8 Å². The van der Waals surface area contributed by atoms with Gasteiger partial charge in [-0.25, -0.2) is 0 Å². The van der Waals surface area contributed by atoms with Crippen molar-refractivity contribution in [3.05, 3.63) is 18.2 Å². The third kappa shape index (κ3) is 4.32. The van der Waals surface area contributed by atoms with E-state index in [1.807, 2.05) is 0 Å². The van der Waals surface area contributed by atoms with Gasteiger partial charge in [0.25, 0.3) is 0 Å². The summed E-state index contributed by atoms with van der Waals surface area (Å²) >= 11 is 1.79. The van der Waals surface area contributed by atoms with E-state index in [0.29, 0.717) is 12.1 Å². The molecule has 1 aromatic rings. The molecule has 0 spiro atoms. The first-order chi connectivity index (χ1) is 8.86. The molecular weight excluding hydrogens is 254 g/mol.